The van der Waals surface area contributed by atoms with E-state index >= 15 is 0 Å². The maximum absolute atomic E-state index is 13.1. The molecule has 0 unspecified atom stereocenters. The van der Waals surface area contributed by atoms with Gasteiger partial charge in [0.1, 0.15) is 5.56 Å². The Balaban J connectivity index is 1.41. The number of nitrogens with one attached hydrogen (secondary N) is 3. The van der Waals surface area contributed by atoms with Gasteiger partial charge in [-0.1, -0.05) is 12.1 Å². The maximum atomic E-state index is 13.1. The van der Waals surface area contributed by atoms with Gasteiger partial charge >= 0.3 is 6.18 Å². The number of aromatic nitrogens is 2. The molecule has 0 spiro atoms. The molecule has 0 aliphatic carbocycles. The number of amides is 2. The zero-order valence-corrected chi connectivity index (χ0v) is 18.4. The van der Waals surface area contributed by atoms with Gasteiger partial charge in [-0.25, -0.2) is 0 Å². The number of hydrogen-bond donors (Lipinski definition) is 3. The van der Waals surface area contributed by atoms with Crippen LogP contribution in [-0.2, 0) is 11.0 Å². The molecule has 0 bridgehead atoms. The molecule has 1 aliphatic rings. The second kappa shape index (κ2) is 8.73. The van der Waals surface area contributed by atoms with Crippen molar-refractivity contribution in [2.45, 2.75) is 6.18 Å². The summed E-state index contributed by atoms with van der Waals surface area (Å²) in [7, 11) is 0. The lowest BCUT2D eigenvalue weighted by Gasteiger charge is -2.12. The third kappa shape index (κ3) is 4.31. The predicted molar refractivity (Wildman–Crippen MR) is 129 cm³/mol. The number of fused-ring (bicyclic) bond motifs is 1. The Morgan fingerprint density at radius 2 is 1.81 bits per heavy atom. The van der Waals surface area contributed by atoms with E-state index in [1.807, 2.05) is 12.1 Å². The van der Waals surface area contributed by atoms with Crippen LogP contribution in [0.15, 0.2) is 83.9 Å². The Hall–Kier alpha value is -4.86. The summed E-state index contributed by atoms with van der Waals surface area (Å²) >= 11 is 0. The molecule has 2 aromatic heterocycles. The predicted octanol–water partition coefficient (Wildman–Crippen LogP) is 4.93. The van der Waals surface area contributed by atoms with Crippen molar-refractivity contribution in [1.29, 1.82) is 0 Å². The third-order valence-electron chi connectivity index (χ3n) is 5.63. The summed E-state index contributed by atoms with van der Waals surface area (Å²) in [5, 5.41) is 5.35. The van der Waals surface area contributed by atoms with Crippen LogP contribution in [0.1, 0.15) is 27.2 Å². The van der Waals surface area contributed by atoms with Crippen LogP contribution in [0, 0.1) is 0 Å². The molecule has 0 atom stereocenters. The summed E-state index contributed by atoms with van der Waals surface area (Å²) in [4.78, 5) is 41.2. The standard InChI is InChI=1S/C26H17F3N4O3/c27-26(28,29)15-4-1-6-18(12-15)33-11-3-7-20(25(33)36)23(34)31-17-8-9-19-21(13-16-5-2-10-30-16)24(35)32-22(19)14-17/h1-14,30H,(H,31,34)(H,32,35). The first-order valence-electron chi connectivity index (χ1n) is 10.7. The number of hydrogen-bond acceptors (Lipinski definition) is 3. The highest BCUT2D eigenvalue weighted by Crippen LogP contribution is 2.35. The van der Waals surface area contributed by atoms with Gasteiger partial charge in [0.25, 0.3) is 17.4 Å². The molecule has 7 nitrogen and oxygen atoms in total. The minimum Gasteiger partial charge on any atom is -0.362 e. The van der Waals surface area contributed by atoms with E-state index in [-0.39, 0.29) is 17.2 Å². The van der Waals surface area contributed by atoms with Crippen molar-refractivity contribution >= 4 is 34.8 Å². The molecule has 180 valence electrons. The van der Waals surface area contributed by atoms with Gasteiger partial charge in [-0.05, 0) is 60.7 Å². The number of anilines is 2. The quantitative estimate of drug-likeness (QED) is 0.354. The van der Waals surface area contributed by atoms with Crippen LogP contribution in [0.3, 0.4) is 0 Å². The van der Waals surface area contributed by atoms with Crippen LogP contribution in [0.5, 0.6) is 0 Å². The van der Waals surface area contributed by atoms with E-state index in [9.17, 15) is 27.6 Å². The van der Waals surface area contributed by atoms with E-state index in [0.717, 1.165) is 22.4 Å². The number of alkyl halides is 3. The number of aromatic amines is 1. The third-order valence-corrected chi connectivity index (χ3v) is 5.63. The monoisotopic (exact) mass is 490 g/mol. The van der Waals surface area contributed by atoms with Crippen molar-refractivity contribution in [2.24, 2.45) is 0 Å². The molecule has 10 heteroatoms. The van der Waals surface area contributed by atoms with Crippen LogP contribution in [-0.4, -0.2) is 21.4 Å². The van der Waals surface area contributed by atoms with Crippen LogP contribution < -0.4 is 16.2 Å². The normalized spacial score (nSPS) is 14.0. The topological polar surface area (TPSA) is 96.0 Å². The van der Waals surface area contributed by atoms with E-state index in [2.05, 4.69) is 15.6 Å². The molecule has 2 amide bonds. The summed E-state index contributed by atoms with van der Waals surface area (Å²) in [6, 6.07) is 15.4. The molecule has 3 heterocycles. The van der Waals surface area contributed by atoms with Crippen molar-refractivity contribution < 1.29 is 22.8 Å². The fourth-order valence-electron chi connectivity index (χ4n) is 3.91. The molecule has 0 saturated heterocycles. The molecule has 5 rings (SSSR count). The van der Waals surface area contributed by atoms with Crippen molar-refractivity contribution in [3.05, 3.63) is 112 Å². The Bertz CT molecular complexity index is 1580. The SMILES string of the molecule is O=C1Nc2cc(NC(=O)c3cccn(-c4cccc(C(F)(F)F)c4)c3=O)ccc2C1=Cc1ccc[nH]1. The minimum atomic E-state index is -4.58. The summed E-state index contributed by atoms with van der Waals surface area (Å²) < 4.78 is 40.2. The molecule has 3 N–H and O–H groups in total. The Labute approximate surface area is 201 Å². The van der Waals surface area contributed by atoms with Crippen LogP contribution in [0.2, 0.25) is 0 Å². The second-order valence-electron chi connectivity index (χ2n) is 8.00. The van der Waals surface area contributed by atoms with Gasteiger partial charge in [0.2, 0.25) is 0 Å². The van der Waals surface area contributed by atoms with Crippen LogP contribution >= 0.6 is 0 Å². The van der Waals surface area contributed by atoms with E-state index < -0.39 is 23.2 Å². The number of halogens is 3. The Morgan fingerprint density at radius 3 is 2.56 bits per heavy atom. The highest BCUT2D eigenvalue weighted by atomic mass is 19.4. The summed E-state index contributed by atoms with van der Waals surface area (Å²) in [6.07, 6.45) is 0.161. The first kappa shape index (κ1) is 22.9. The molecule has 0 saturated carbocycles. The fourth-order valence-corrected chi connectivity index (χ4v) is 3.91. The van der Waals surface area contributed by atoms with Crippen LogP contribution in [0.25, 0.3) is 17.3 Å². The van der Waals surface area contributed by atoms with Gasteiger partial charge in [-0.2, -0.15) is 13.2 Å². The second-order valence-corrected chi connectivity index (χ2v) is 8.00. The molecular formula is C26H17F3N4O3. The molecule has 4 aromatic rings. The van der Waals surface area contributed by atoms with Crippen molar-refractivity contribution in [3.8, 4) is 5.69 Å². The first-order valence-corrected chi connectivity index (χ1v) is 10.7. The van der Waals surface area contributed by atoms with E-state index in [4.69, 9.17) is 0 Å². The largest absolute Gasteiger partial charge is 0.416 e. The molecule has 2 aromatic carbocycles. The fraction of sp³-hybridized carbons (Fsp3) is 0.0385. The summed E-state index contributed by atoms with van der Waals surface area (Å²) in [5.74, 6) is -1.04. The Kier molecular flexibility index (Phi) is 5.56. The van der Waals surface area contributed by atoms with Gasteiger partial charge in [-0.3, -0.25) is 19.0 Å². The lowest BCUT2D eigenvalue weighted by Crippen LogP contribution is -2.28. The maximum Gasteiger partial charge on any atom is 0.416 e. The zero-order chi connectivity index (χ0) is 25.4. The number of H-pyrrole nitrogens is 1. The van der Waals surface area contributed by atoms with E-state index in [1.54, 1.807) is 30.5 Å². The minimum absolute atomic E-state index is 0.0221. The molecule has 0 radical (unpaired) electrons. The lowest BCUT2D eigenvalue weighted by atomic mass is 10.1. The van der Waals surface area contributed by atoms with Gasteiger partial charge in [-0.15, -0.1) is 0 Å². The smallest absolute Gasteiger partial charge is 0.362 e. The van der Waals surface area contributed by atoms with E-state index in [0.29, 0.717) is 22.5 Å². The average molecular weight is 490 g/mol. The molecular weight excluding hydrogens is 473 g/mol. The summed E-state index contributed by atoms with van der Waals surface area (Å²) in [6.45, 7) is 0. The number of nitrogens with zero attached hydrogens (tertiary/aromatic N) is 1. The van der Waals surface area contributed by atoms with Crippen molar-refractivity contribution in [3.63, 3.8) is 0 Å². The van der Waals surface area contributed by atoms with Gasteiger partial charge < -0.3 is 15.6 Å². The number of benzene rings is 2. The number of carbonyl (C=O) groups excluding carboxylic acids is 2. The van der Waals surface area contributed by atoms with Gasteiger partial charge in [0, 0.05) is 35.0 Å². The number of pyridine rings is 1. The highest BCUT2D eigenvalue weighted by molar-refractivity contribution is 6.35. The van der Waals surface area contributed by atoms with Gasteiger partial charge in [0.15, 0.2) is 0 Å². The average Bonchev–Trinajstić information content (AvgIpc) is 3.46. The first-order chi connectivity index (χ1) is 17.2. The van der Waals surface area contributed by atoms with E-state index in [1.165, 1.54) is 30.5 Å². The summed E-state index contributed by atoms with van der Waals surface area (Å²) in [5.41, 5.74) is 0.714. The number of carbonyl (C=O) groups is 2. The highest BCUT2D eigenvalue weighted by Gasteiger charge is 2.30. The molecule has 0 fully saturated rings. The lowest BCUT2D eigenvalue weighted by molar-refractivity contribution is -0.137. The number of rotatable bonds is 4. The van der Waals surface area contributed by atoms with Crippen molar-refractivity contribution in [2.75, 3.05) is 10.6 Å². The molecule has 1 aliphatic heterocycles. The zero-order valence-electron chi connectivity index (χ0n) is 18.4. The Morgan fingerprint density at radius 1 is 0.972 bits per heavy atom. The van der Waals surface area contributed by atoms with Crippen LogP contribution in [0.4, 0.5) is 24.5 Å². The van der Waals surface area contributed by atoms with Gasteiger partial charge in [0.05, 0.1) is 16.8 Å². The molecule has 36 heavy (non-hydrogen) atoms. The van der Waals surface area contributed by atoms with Crippen molar-refractivity contribution in [1.82, 2.24) is 9.55 Å².